The fourth-order valence-electron chi connectivity index (χ4n) is 3.15. The number of hydrogen-bond acceptors (Lipinski definition) is 1. The Kier molecular flexibility index (Phi) is 3.38. The summed E-state index contributed by atoms with van der Waals surface area (Å²) in [5.74, 6) is 0. The van der Waals surface area contributed by atoms with Crippen LogP contribution < -0.4 is 0 Å². The van der Waals surface area contributed by atoms with Gasteiger partial charge < -0.3 is 0 Å². The number of rotatable bonds is 2. The van der Waals surface area contributed by atoms with E-state index in [9.17, 15) is 0 Å². The van der Waals surface area contributed by atoms with E-state index in [-0.39, 0.29) is 0 Å². The predicted molar refractivity (Wildman–Crippen MR) is 95.8 cm³/mol. The number of nitrogens with zero attached hydrogens (tertiary/aromatic N) is 2. The van der Waals surface area contributed by atoms with Gasteiger partial charge in [0.1, 0.15) is 0 Å². The zero-order valence-corrected chi connectivity index (χ0v) is 13.6. The van der Waals surface area contributed by atoms with Crippen LogP contribution in [0.15, 0.2) is 54.6 Å². The van der Waals surface area contributed by atoms with Gasteiger partial charge in [0.2, 0.25) is 0 Å². The molecule has 0 saturated carbocycles. The van der Waals surface area contributed by atoms with Crippen molar-refractivity contribution in [3.63, 3.8) is 0 Å². The number of aromatic nitrogens is 2. The highest BCUT2D eigenvalue weighted by molar-refractivity contribution is 5.72. The number of fused-ring (bicyclic) bond motifs is 1. The summed E-state index contributed by atoms with van der Waals surface area (Å²) in [6.07, 6.45) is 6.52. The Morgan fingerprint density at radius 3 is 2.22 bits per heavy atom. The van der Waals surface area contributed by atoms with Crippen molar-refractivity contribution in [2.24, 2.45) is 0 Å². The quantitative estimate of drug-likeness (QED) is 0.642. The molecule has 114 valence electrons. The van der Waals surface area contributed by atoms with Gasteiger partial charge in [0.15, 0.2) is 0 Å². The van der Waals surface area contributed by atoms with Gasteiger partial charge in [-0.15, -0.1) is 0 Å². The molecule has 1 aromatic heterocycles. The summed E-state index contributed by atoms with van der Waals surface area (Å²) in [5, 5.41) is 4.88. The van der Waals surface area contributed by atoms with E-state index in [4.69, 9.17) is 5.10 Å². The lowest BCUT2D eigenvalue weighted by Crippen LogP contribution is -2.00. The minimum absolute atomic E-state index is 1.06. The number of aryl methyl sites for hydroxylation is 2. The average Bonchev–Trinajstić information content (AvgIpc) is 2.96. The highest BCUT2D eigenvalue weighted by atomic mass is 15.3. The molecule has 0 saturated heterocycles. The minimum atomic E-state index is 1.06. The summed E-state index contributed by atoms with van der Waals surface area (Å²) in [7, 11) is 0. The summed E-state index contributed by atoms with van der Waals surface area (Å²) in [6.45, 7) is 4.24. The third kappa shape index (κ3) is 2.50. The second-order valence-corrected chi connectivity index (χ2v) is 6.27. The zero-order chi connectivity index (χ0) is 15.8. The van der Waals surface area contributed by atoms with E-state index < -0.39 is 0 Å². The molecule has 0 spiro atoms. The lowest BCUT2D eigenvalue weighted by atomic mass is 9.97. The third-order valence-corrected chi connectivity index (χ3v) is 4.45. The first kappa shape index (κ1) is 14.0. The maximum absolute atomic E-state index is 4.88. The first-order valence-corrected chi connectivity index (χ1v) is 8.15. The van der Waals surface area contributed by atoms with Crippen molar-refractivity contribution in [3.8, 4) is 16.9 Å². The van der Waals surface area contributed by atoms with E-state index in [0.29, 0.717) is 0 Å². The highest BCUT2D eigenvalue weighted by Crippen LogP contribution is 2.33. The fourth-order valence-corrected chi connectivity index (χ4v) is 3.15. The average molecular weight is 300 g/mol. The molecule has 2 nitrogen and oxygen atoms in total. The highest BCUT2D eigenvalue weighted by Gasteiger charge is 2.20. The topological polar surface area (TPSA) is 17.8 Å². The van der Waals surface area contributed by atoms with Crippen molar-refractivity contribution >= 4 is 6.08 Å². The first-order chi connectivity index (χ1) is 11.2. The molecule has 3 aromatic rings. The summed E-state index contributed by atoms with van der Waals surface area (Å²) in [6, 6.07) is 17.3. The minimum Gasteiger partial charge on any atom is -0.232 e. The SMILES string of the molecule is Cc1ccc(-c2c3c(nn2-c2ccc(C)cc2)C=CCC3)cc1. The standard InChI is InChI=1S/C21H20N2/c1-15-7-11-17(12-8-15)21-19-5-3-4-6-20(19)22-23(21)18-13-9-16(2)10-14-18/h4,6-14H,3,5H2,1-2H3. The van der Waals surface area contributed by atoms with Crippen molar-refractivity contribution in [2.75, 3.05) is 0 Å². The van der Waals surface area contributed by atoms with Gasteiger partial charge in [-0.05, 0) is 44.9 Å². The summed E-state index contributed by atoms with van der Waals surface area (Å²) in [5.41, 5.74) is 8.60. The van der Waals surface area contributed by atoms with Gasteiger partial charge >= 0.3 is 0 Å². The maximum atomic E-state index is 4.88. The van der Waals surface area contributed by atoms with Crippen LogP contribution in [0.2, 0.25) is 0 Å². The first-order valence-electron chi connectivity index (χ1n) is 8.15. The Morgan fingerprint density at radius 1 is 0.870 bits per heavy atom. The van der Waals surface area contributed by atoms with Crippen molar-refractivity contribution in [2.45, 2.75) is 26.7 Å². The van der Waals surface area contributed by atoms with Crippen molar-refractivity contribution in [1.29, 1.82) is 0 Å². The van der Waals surface area contributed by atoms with E-state index in [1.54, 1.807) is 0 Å². The summed E-state index contributed by atoms with van der Waals surface area (Å²) >= 11 is 0. The number of benzene rings is 2. The Balaban J connectivity index is 1.95. The molecule has 0 radical (unpaired) electrons. The van der Waals surface area contributed by atoms with Crippen LogP contribution in [0.3, 0.4) is 0 Å². The van der Waals surface area contributed by atoms with Gasteiger partial charge in [0.05, 0.1) is 17.1 Å². The van der Waals surface area contributed by atoms with Crippen molar-refractivity contribution < 1.29 is 0 Å². The molecule has 0 fully saturated rings. The maximum Gasteiger partial charge on any atom is 0.0890 e. The van der Waals surface area contributed by atoms with Crippen molar-refractivity contribution in [1.82, 2.24) is 9.78 Å². The Bertz CT molecular complexity index is 865. The van der Waals surface area contributed by atoms with Gasteiger partial charge in [-0.3, -0.25) is 0 Å². The zero-order valence-electron chi connectivity index (χ0n) is 13.6. The van der Waals surface area contributed by atoms with Crippen LogP contribution in [0.5, 0.6) is 0 Å². The largest absolute Gasteiger partial charge is 0.232 e. The fraction of sp³-hybridized carbons (Fsp3) is 0.190. The van der Waals surface area contributed by atoms with E-state index in [2.05, 4.69) is 79.2 Å². The monoisotopic (exact) mass is 300 g/mol. The molecular formula is C21H20N2. The molecular weight excluding hydrogens is 280 g/mol. The lowest BCUT2D eigenvalue weighted by Gasteiger charge is -2.11. The molecule has 1 aliphatic rings. The molecule has 1 aliphatic carbocycles. The van der Waals surface area contributed by atoms with Gasteiger partial charge in [0.25, 0.3) is 0 Å². The van der Waals surface area contributed by atoms with Gasteiger partial charge in [0, 0.05) is 11.1 Å². The van der Waals surface area contributed by atoms with Crippen LogP contribution in [-0.4, -0.2) is 9.78 Å². The Morgan fingerprint density at radius 2 is 1.52 bits per heavy atom. The number of allylic oxidation sites excluding steroid dienone is 1. The molecule has 0 atom stereocenters. The predicted octanol–water partition coefficient (Wildman–Crippen LogP) is 5.12. The van der Waals surface area contributed by atoms with E-state index in [1.807, 2.05) is 0 Å². The Labute approximate surface area is 137 Å². The molecule has 0 aliphatic heterocycles. The molecule has 4 rings (SSSR count). The second-order valence-electron chi connectivity index (χ2n) is 6.27. The van der Waals surface area contributed by atoms with Crippen molar-refractivity contribution in [3.05, 3.63) is 77.0 Å². The Hall–Kier alpha value is -2.61. The molecule has 23 heavy (non-hydrogen) atoms. The normalized spacial score (nSPS) is 13.1. The molecule has 2 heteroatoms. The summed E-state index contributed by atoms with van der Waals surface area (Å²) < 4.78 is 2.10. The van der Waals surface area contributed by atoms with Gasteiger partial charge in [-0.2, -0.15) is 5.10 Å². The third-order valence-electron chi connectivity index (χ3n) is 4.45. The number of hydrogen-bond donors (Lipinski definition) is 0. The lowest BCUT2D eigenvalue weighted by molar-refractivity contribution is 0.882. The van der Waals surface area contributed by atoms with Crippen LogP contribution in [-0.2, 0) is 6.42 Å². The van der Waals surface area contributed by atoms with E-state index >= 15 is 0 Å². The van der Waals surface area contributed by atoms with Crippen LogP contribution in [0.1, 0.15) is 28.8 Å². The van der Waals surface area contributed by atoms with Gasteiger partial charge in [-0.1, -0.05) is 53.6 Å². The van der Waals surface area contributed by atoms with Crippen LogP contribution in [0, 0.1) is 13.8 Å². The van der Waals surface area contributed by atoms with Crippen LogP contribution in [0.25, 0.3) is 23.0 Å². The molecule has 0 unspecified atom stereocenters. The smallest absolute Gasteiger partial charge is 0.0890 e. The molecule has 2 aromatic carbocycles. The van der Waals surface area contributed by atoms with E-state index in [0.717, 1.165) is 24.2 Å². The summed E-state index contributed by atoms with van der Waals surface area (Å²) in [4.78, 5) is 0. The second kappa shape index (κ2) is 5.54. The van der Waals surface area contributed by atoms with Crippen LogP contribution in [0.4, 0.5) is 0 Å². The van der Waals surface area contributed by atoms with Crippen LogP contribution >= 0.6 is 0 Å². The molecule has 0 bridgehead atoms. The molecule has 0 amide bonds. The molecule has 1 heterocycles. The van der Waals surface area contributed by atoms with E-state index in [1.165, 1.54) is 27.9 Å². The van der Waals surface area contributed by atoms with Gasteiger partial charge in [-0.25, -0.2) is 4.68 Å². The molecule has 0 N–H and O–H groups in total.